The van der Waals surface area contributed by atoms with E-state index >= 15 is 0 Å². The van der Waals surface area contributed by atoms with Crippen molar-refractivity contribution in [1.29, 1.82) is 0 Å². The van der Waals surface area contributed by atoms with Gasteiger partial charge in [0.05, 0.1) is 18.7 Å². The Labute approximate surface area is 197 Å². The van der Waals surface area contributed by atoms with Gasteiger partial charge < -0.3 is 19.8 Å². The summed E-state index contributed by atoms with van der Waals surface area (Å²) in [5.74, 6) is 2.70. The van der Waals surface area contributed by atoms with E-state index in [1.165, 1.54) is 12.2 Å². The summed E-state index contributed by atoms with van der Waals surface area (Å²) in [7, 11) is 1.65. The Balaban J connectivity index is 1.53. The fourth-order valence-corrected chi connectivity index (χ4v) is 5.59. The van der Waals surface area contributed by atoms with E-state index in [2.05, 4.69) is 30.7 Å². The highest BCUT2D eigenvalue weighted by atomic mass is 32.2. The maximum Gasteiger partial charge on any atom is 0.119 e. The third-order valence-corrected chi connectivity index (χ3v) is 7.87. The summed E-state index contributed by atoms with van der Waals surface area (Å²) in [5.41, 5.74) is 1.77. The molecule has 0 unspecified atom stereocenters. The van der Waals surface area contributed by atoms with Crippen molar-refractivity contribution >= 4 is 22.7 Å². The van der Waals surface area contributed by atoms with Crippen LogP contribution in [0.1, 0.15) is 58.1 Å². The summed E-state index contributed by atoms with van der Waals surface area (Å²) in [4.78, 5) is 6.93. The minimum Gasteiger partial charge on any atom is -0.497 e. The Morgan fingerprint density at radius 2 is 2.06 bits per heavy atom. The van der Waals surface area contributed by atoms with Gasteiger partial charge in [-0.15, -0.1) is 0 Å². The molecule has 0 spiro atoms. The topological polar surface area (TPSA) is 65.8 Å². The van der Waals surface area contributed by atoms with Gasteiger partial charge in [0, 0.05) is 29.5 Å². The monoisotopic (exact) mass is 460 g/mol. The lowest BCUT2D eigenvalue weighted by molar-refractivity contribution is 0.0580. The van der Waals surface area contributed by atoms with Gasteiger partial charge in [-0.1, -0.05) is 20.8 Å². The smallest absolute Gasteiger partial charge is 0.119 e. The third kappa shape index (κ3) is 7.08. The van der Waals surface area contributed by atoms with E-state index in [1.807, 2.05) is 36.0 Å². The standard InChI is InChI=1S/C26H40N2O3S/c1-26(2,3)32-15-5-13-28-14-11-19(20(17-28)18-29)6-9-25(30)22-10-12-27-24-8-7-21(31-4)16-23(22)24/h7-8,10,12,16,19-20,25,29-30H,5-6,9,11,13-15,17-18H2,1-4H3/t19-,20-,25+/m1/s1. The molecule has 2 aromatic rings. The van der Waals surface area contributed by atoms with Crippen molar-refractivity contribution in [3.63, 3.8) is 0 Å². The maximum absolute atomic E-state index is 11.0. The Morgan fingerprint density at radius 3 is 2.78 bits per heavy atom. The van der Waals surface area contributed by atoms with Gasteiger partial charge in [-0.2, -0.15) is 11.8 Å². The summed E-state index contributed by atoms with van der Waals surface area (Å²) in [6.45, 7) is 10.2. The van der Waals surface area contributed by atoms with Gasteiger partial charge in [-0.05, 0) is 86.2 Å². The number of hydrogen-bond acceptors (Lipinski definition) is 6. The Morgan fingerprint density at radius 1 is 1.25 bits per heavy atom. The molecule has 0 amide bonds. The van der Waals surface area contributed by atoms with E-state index in [0.29, 0.717) is 23.0 Å². The molecule has 0 bridgehead atoms. The van der Waals surface area contributed by atoms with E-state index in [-0.39, 0.29) is 6.61 Å². The fourth-order valence-electron chi connectivity index (χ4n) is 4.70. The number of pyridine rings is 1. The zero-order chi connectivity index (χ0) is 23.1. The lowest BCUT2D eigenvalue weighted by atomic mass is 9.81. The van der Waals surface area contributed by atoms with Gasteiger partial charge in [-0.25, -0.2) is 0 Å². The number of piperidine rings is 1. The molecule has 178 valence electrons. The number of fused-ring (bicyclic) bond motifs is 1. The molecule has 1 aliphatic heterocycles. The van der Waals surface area contributed by atoms with E-state index in [0.717, 1.165) is 54.7 Å². The van der Waals surface area contributed by atoms with Crippen LogP contribution in [-0.2, 0) is 0 Å². The Kier molecular flexibility index (Phi) is 9.23. The Bertz CT molecular complexity index is 855. The van der Waals surface area contributed by atoms with Crippen LogP contribution in [0.5, 0.6) is 5.75 Å². The molecular formula is C26H40N2O3S. The van der Waals surface area contributed by atoms with Crippen LogP contribution >= 0.6 is 11.8 Å². The quantitative estimate of drug-likeness (QED) is 0.491. The SMILES string of the molecule is COc1ccc2nccc([C@@H](O)CC[C@@H]3CCN(CCCSC(C)(C)C)C[C@@H]3CO)c2c1. The predicted molar refractivity (Wildman–Crippen MR) is 134 cm³/mol. The average Bonchev–Trinajstić information content (AvgIpc) is 2.79. The second-order valence-corrected chi connectivity index (χ2v) is 11.9. The molecule has 1 saturated heterocycles. The van der Waals surface area contributed by atoms with Crippen LogP contribution in [0.3, 0.4) is 0 Å². The minimum atomic E-state index is -0.542. The van der Waals surface area contributed by atoms with Crippen molar-refractivity contribution in [2.24, 2.45) is 11.8 Å². The normalized spacial score (nSPS) is 21.1. The molecule has 3 rings (SSSR count). The molecular weight excluding hydrogens is 420 g/mol. The molecule has 1 aromatic heterocycles. The number of methoxy groups -OCH3 is 1. The van der Waals surface area contributed by atoms with Gasteiger partial charge in [0.25, 0.3) is 0 Å². The van der Waals surface area contributed by atoms with Crippen molar-refractivity contribution in [2.45, 2.75) is 57.3 Å². The minimum absolute atomic E-state index is 0.226. The number of rotatable bonds is 10. The number of aliphatic hydroxyl groups excluding tert-OH is 2. The first-order chi connectivity index (χ1) is 15.3. The Hall–Kier alpha value is -1.34. The van der Waals surface area contributed by atoms with Crippen molar-refractivity contribution in [1.82, 2.24) is 9.88 Å². The molecule has 5 nitrogen and oxygen atoms in total. The van der Waals surface area contributed by atoms with Crippen molar-refractivity contribution < 1.29 is 14.9 Å². The van der Waals surface area contributed by atoms with Crippen LogP contribution in [-0.4, -0.2) is 63.9 Å². The fraction of sp³-hybridized carbons (Fsp3) is 0.654. The average molecular weight is 461 g/mol. The van der Waals surface area contributed by atoms with E-state index in [4.69, 9.17) is 4.74 Å². The van der Waals surface area contributed by atoms with Gasteiger partial charge in [0.15, 0.2) is 0 Å². The number of thioether (sulfide) groups is 1. The van der Waals surface area contributed by atoms with Crippen LogP contribution in [0.25, 0.3) is 10.9 Å². The van der Waals surface area contributed by atoms with Crippen molar-refractivity contribution in [3.05, 3.63) is 36.0 Å². The van der Waals surface area contributed by atoms with Crippen LogP contribution < -0.4 is 4.74 Å². The van der Waals surface area contributed by atoms with Gasteiger partial charge >= 0.3 is 0 Å². The summed E-state index contributed by atoms with van der Waals surface area (Å²) >= 11 is 2.03. The maximum atomic E-state index is 11.0. The van der Waals surface area contributed by atoms with E-state index in [1.54, 1.807) is 13.3 Å². The van der Waals surface area contributed by atoms with E-state index < -0.39 is 6.10 Å². The summed E-state index contributed by atoms with van der Waals surface area (Å²) in [6, 6.07) is 7.69. The highest BCUT2D eigenvalue weighted by Crippen LogP contribution is 2.33. The number of likely N-dealkylation sites (tertiary alicyclic amines) is 1. The second-order valence-electron chi connectivity index (χ2n) is 9.98. The first-order valence-corrected chi connectivity index (χ1v) is 12.9. The van der Waals surface area contributed by atoms with Crippen LogP contribution in [0, 0.1) is 11.8 Å². The van der Waals surface area contributed by atoms with Crippen LogP contribution in [0.4, 0.5) is 0 Å². The lowest BCUT2D eigenvalue weighted by Gasteiger charge is -2.38. The molecule has 6 heteroatoms. The third-order valence-electron chi connectivity index (χ3n) is 6.52. The number of ether oxygens (including phenoxy) is 1. The molecule has 3 atom stereocenters. The van der Waals surface area contributed by atoms with Gasteiger partial charge in [0.2, 0.25) is 0 Å². The zero-order valence-electron chi connectivity index (χ0n) is 20.1. The molecule has 2 heterocycles. The first kappa shape index (κ1) is 25.3. The first-order valence-electron chi connectivity index (χ1n) is 11.9. The van der Waals surface area contributed by atoms with Crippen molar-refractivity contribution in [3.8, 4) is 5.75 Å². The molecule has 0 radical (unpaired) electrons. The summed E-state index contributed by atoms with van der Waals surface area (Å²) in [6.07, 6.45) is 5.13. The predicted octanol–water partition coefficient (Wildman–Crippen LogP) is 4.91. The molecule has 0 saturated carbocycles. The van der Waals surface area contributed by atoms with Crippen LogP contribution in [0.15, 0.2) is 30.5 Å². The number of nitrogens with zero attached hydrogens (tertiary/aromatic N) is 2. The highest BCUT2D eigenvalue weighted by molar-refractivity contribution is 8.00. The number of benzene rings is 1. The lowest BCUT2D eigenvalue weighted by Crippen LogP contribution is -2.42. The molecule has 32 heavy (non-hydrogen) atoms. The number of aromatic nitrogens is 1. The molecule has 1 aliphatic rings. The molecule has 1 fully saturated rings. The zero-order valence-corrected chi connectivity index (χ0v) is 20.9. The number of aliphatic hydroxyl groups is 2. The summed E-state index contributed by atoms with van der Waals surface area (Å²) < 4.78 is 5.69. The highest BCUT2D eigenvalue weighted by Gasteiger charge is 2.29. The largest absolute Gasteiger partial charge is 0.497 e. The summed E-state index contributed by atoms with van der Waals surface area (Å²) in [5, 5.41) is 22.0. The molecule has 2 N–H and O–H groups in total. The number of hydrogen-bond donors (Lipinski definition) is 2. The van der Waals surface area contributed by atoms with Gasteiger partial charge in [0.1, 0.15) is 5.75 Å². The molecule has 1 aromatic carbocycles. The second kappa shape index (κ2) is 11.7. The van der Waals surface area contributed by atoms with E-state index in [9.17, 15) is 10.2 Å². The molecule has 0 aliphatic carbocycles. The van der Waals surface area contributed by atoms with Crippen molar-refractivity contribution in [2.75, 3.05) is 39.1 Å². The van der Waals surface area contributed by atoms with Gasteiger partial charge in [-0.3, -0.25) is 4.98 Å². The van der Waals surface area contributed by atoms with Crippen LogP contribution in [0.2, 0.25) is 0 Å².